The Kier molecular flexibility index (Phi) is 4.22. The Morgan fingerprint density at radius 3 is 2.62 bits per heavy atom. The normalized spacial score (nSPS) is 18.9. The highest BCUT2D eigenvalue weighted by atomic mass is 35.5. The minimum absolute atomic E-state index is 0.413. The third-order valence-corrected chi connectivity index (χ3v) is 3.66. The van der Waals surface area contributed by atoms with Gasteiger partial charge in [-0.2, -0.15) is 0 Å². The fraction of sp³-hybridized carbons (Fsp3) is 0.538. The van der Waals surface area contributed by atoms with Crippen molar-refractivity contribution in [3.63, 3.8) is 0 Å². The van der Waals surface area contributed by atoms with E-state index in [9.17, 15) is 0 Å². The summed E-state index contributed by atoms with van der Waals surface area (Å²) in [6, 6.07) is 8.51. The maximum atomic E-state index is 6.13. The summed E-state index contributed by atoms with van der Waals surface area (Å²) in [5.41, 5.74) is 7.13. The third kappa shape index (κ3) is 3.21. The molecular formula is C13H19ClN2. The van der Waals surface area contributed by atoms with Crippen molar-refractivity contribution in [1.29, 1.82) is 0 Å². The van der Waals surface area contributed by atoms with Crippen LogP contribution in [0.5, 0.6) is 0 Å². The van der Waals surface area contributed by atoms with Crippen LogP contribution in [0.1, 0.15) is 18.4 Å². The molecule has 16 heavy (non-hydrogen) atoms. The van der Waals surface area contributed by atoms with Gasteiger partial charge in [-0.15, -0.1) is 0 Å². The quantitative estimate of drug-likeness (QED) is 0.876. The lowest BCUT2D eigenvalue weighted by atomic mass is 10.1. The average Bonchev–Trinajstić information content (AvgIpc) is 2.30. The van der Waals surface area contributed by atoms with Crippen molar-refractivity contribution in [3.8, 4) is 0 Å². The Labute approximate surface area is 102 Å². The molecule has 1 aromatic carbocycles. The number of hydrogen-bond acceptors (Lipinski definition) is 2. The predicted octanol–water partition coefficient (Wildman–Crippen LogP) is 2.31. The summed E-state index contributed by atoms with van der Waals surface area (Å²) in [7, 11) is 0. The topological polar surface area (TPSA) is 29.3 Å². The van der Waals surface area contributed by atoms with E-state index in [1.165, 1.54) is 5.56 Å². The van der Waals surface area contributed by atoms with Crippen molar-refractivity contribution in [1.82, 2.24) is 4.90 Å². The Hall–Kier alpha value is -0.570. The number of hydrogen-bond donors (Lipinski definition) is 1. The molecule has 1 aliphatic heterocycles. The number of halogens is 1. The van der Waals surface area contributed by atoms with E-state index in [1.807, 2.05) is 18.2 Å². The third-order valence-electron chi connectivity index (χ3n) is 3.29. The molecule has 0 aromatic heterocycles. The highest BCUT2D eigenvalue weighted by Crippen LogP contribution is 2.16. The van der Waals surface area contributed by atoms with Crippen LogP contribution in [0, 0.1) is 0 Å². The zero-order valence-corrected chi connectivity index (χ0v) is 10.3. The number of piperidine rings is 1. The summed E-state index contributed by atoms with van der Waals surface area (Å²) in [4.78, 5) is 2.48. The molecule has 2 nitrogen and oxygen atoms in total. The summed E-state index contributed by atoms with van der Waals surface area (Å²) in [5.74, 6) is 0. The molecule has 88 valence electrons. The lowest BCUT2D eigenvalue weighted by Gasteiger charge is -2.30. The van der Waals surface area contributed by atoms with E-state index < -0.39 is 0 Å². The lowest BCUT2D eigenvalue weighted by Crippen LogP contribution is -2.40. The largest absolute Gasteiger partial charge is 0.328 e. The van der Waals surface area contributed by atoms with Crippen LogP contribution in [0.2, 0.25) is 5.02 Å². The number of nitrogens with two attached hydrogens (primary N) is 1. The molecule has 0 bridgehead atoms. The first-order valence-electron chi connectivity index (χ1n) is 5.97. The minimum atomic E-state index is 0.413. The second-order valence-electron chi connectivity index (χ2n) is 4.52. The van der Waals surface area contributed by atoms with Gasteiger partial charge in [-0.05, 0) is 44.0 Å². The number of rotatable bonds is 3. The lowest BCUT2D eigenvalue weighted by molar-refractivity contribution is 0.215. The van der Waals surface area contributed by atoms with E-state index in [-0.39, 0.29) is 0 Å². The van der Waals surface area contributed by atoms with Gasteiger partial charge in [0.1, 0.15) is 0 Å². The zero-order valence-electron chi connectivity index (χ0n) is 9.53. The number of benzene rings is 1. The van der Waals surface area contributed by atoms with Crippen LogP contribution in [0.15, 0.2) is 24.3 Å². The SMILES string of the molecule is NC1CCN(CCc2ccccc2Cl)CC1. The van der Waals surface area contributed by atoms with Crippen LogP contribution in [-0.4, -0.2) is 30.6 Å². The summed E-state index contributed by atoms with van der Waals surface area (Å²) in [6.07, 6.45) is 3.29. The van der Waals surface area contributed by atoms with Crippen LogP contribution >= 0.6 is 11.6 Å². The van der Waals surface area contributed by atoms with Crippen molar-refractivity contribution in [2.24, 2.45) is 5.73 Å². The van der Waals surface area contributed by atoms with Gasteiger partial charge >= 0.3 is 0 Å². The maximum Gasteiger partial charge on any atom is 0.0438 e. The standard InChI is InChI=1S/C13H19ClN2/c14-13-4-2-1-3-11(13)5-8-16-9-6-12(15)7-10-16/h1-4,12H,5-10,15H2. The van der Waals surface area contributed by atoms with Gasteiger partial charge in [-0.3, -0.25) is 0 Å². The first-order chi connectivity index (χ1) is 7.75. The van der Waals surface area contributed by atoms with Crippen LogP contribution < -0.4 is 5.73 Å². The number of likely N-dealkylation sites (tertiary alicyclic amines) is 1. The molecular weight excluding hydrogens is 220 g/mol. The van der Waals surface area contributed by atoms with Gasteiger partial charge in [0.25, 0.3) is 0 Å². The Morgan fingerprint density at radius 1 is 1.25 bits per heavy atom. The molecule has 0 atom stereocenters. The summed E-state index contributed by atoms with van der Waals surface area (Å²) in [6.45, 7) is 3.35. The van der Waals surface area contributed by atoms with Crippen LogP contribution in [-0.2, 0) is 6.42 Å². The molecule has 1 saturated heterocycles. The van der Waals surface area contributed by atoms with Crippen molar-refractivity contribution >= 4 is 11.6 Å². The fourth-order valence-electron chi connectivity index (χ4n) is 2.16. The van der Waals surface area contributed by atoms with Gasteiger partial charge in [-0.25, -0.2) is 0 Å². The summed E-state index contributed by atoms with van der Waals surface area (Å²) in [5, 5.41) is 0.885. The monoisotopic (exact) mass is 238 g/mol. The molecule has 2 rings (SSSR count). The average molecular weight is 239 g/mol. The molecule has 0 saturated carbocycles. The molecule has 1 aliphatic rings. The van der Waals surface area contributed by atoms with E-state index in [1.54, 1.807) is 0 Å². The molecule has 0 amide bonds. The van der Waals surface area contributed by atoms with E-state index in [0.717, 1.165) is 43.9 Å². The molecule has 3 heteroatoms. The zero-order chi connectivity index (χ0) is 11.4. The Bertz CT molecular complexity index is 332. The second kappa shape index (κ2) is 5.67. The van der Waals surface area contributed by atoms with E-state index >= 15 is 0 Å². The van der Waals surface area contributed by atoms with Gasteiger partial charge in [0.2, 0.25) is 0 Å². The van der Waals surface area contributed by atoms with Gasteiger partial charge in [-0.1, -0.05) is 29.8 Å². The second-order valence-corrected chi connectivity index (χ2v) is 4.93. The summed E-state index contributed by atoms with van der Waals surface area (Å²) >= 11 is 6.13. The smallest absolute Gasteiger partial charge is 0.0438 e. The van der Waals surface area contributed by atoms with Crippen LogP contribution in [0.4, 0.5) is 0 Å². The molecule has 2 N–H and O–H groups in total. The van der Waals surface area contributed by atoms with Crippen molar-refractivity contribution < 1.29 is 0 Å². The predicted molar refractivity (Wildman–Crippen MR) is 68.8 cm³/mol. The molecule has 0 radical (unpaired) electrons. The minimum Gasteiger partial charge on any atom is -0.328 e. The fourth-order valence-corrected chi connectivity index (χ4v) is 2.39. The molecule has 1 fully saturated rings. The van der Waals surface area contributed by atoms with E-state index in [0.29, 0.717) is 6.04 Å². The van der Waals surface area contributed by atoms with Crippen LogP contribution in [0.3, 0.4) is 0 Å². The number of nitrogens with zero attached hydrogens (tertiary/aromatic N) is 1. The van der Waals surface area contributed by atoms with Crippen molar-refractivity contribution in [2.75, 3.05) is 19.6 Å². The molecule has 0 unspecified atom stereocenters. The van der Waals surface area contributed by atoms with E-state index in [2.05, 4.69) is 11.0 Å². The van der Waals surface area contributed by atoms with Gasteiger partial charge in [0.15, 0.2) is 0 Å². The first-order valence-corrected chi connectivity index (χ1v) is 6.35. The molecule has 0 spiro atoms. The first kappa shape index (κ1) is 11.9. The Morgan fingerprint density at radius 2 is 1.94 bits per heavy atom. The highest BCUT2D eigenvalue weighted by Gasteiger charge is 2.15. The summed E-state index contributed by atoms with van der Waals surface area (Å²) < 4.78 is 0. The highest BCUT2D eigenvalue weighted by molar-refractivity contribution is 6.31. The van der Waals surface area contributed by atoms with Crippen molar-refractivity contribution in [3.05, 3.63) is 34.9 Å². The van der Waals surface area contributed by atoms with Gasteiger partial charge in [0, 0.05) is 17.6 Å². The molecule has 1 heterocycles. The van der Waals surface area contributed by atoms with Crippen molar-refractivity contribution in [2.45, 2.75) is 25.3 Å². The van der Waals surface area contributed by atoms with Gasteiger partial charge in [0.05, 0.1) is 0 Å². The van der Waals surface area contributed by atoms with Crippen LogP contribution in [0.25, 0.3) is 0 Å². The molecule has 0 aliphatic carbocycles. The van der Waals surface area contributed by atoms with E-state index in [4.69, 9.17) is 17.3 Å². The maximum absolute atomic E-state index is 6.13. The van der Waals surface area contributed by atoms with Gasteiger partial charge < -0.3 is 10.6 Å². The molecule has 1 aromatic rings. The Balaban J connectivity index is 1.81.